The minimum atomic E-state index is -0.0346. The lowest BCUT2D eigenvalue weighted by molar-refractivity contribution is 0.0208. The van der Waals surface area contributed by atoms with Gasteiger partial charge >= 0.3 is 0 Å². The van der Waals surface area contributed by atoms with Crippen molar-refractivity contribution in [3.63, 3.8) is 0 Å². The normalized spacial score (nSPS) is 27.4. The van der Waals surface area contributed by atoms with Crippen molar-refractivity contribution in [2.75, 3.05) is 19.7 Å². The quantitative estimate of drug-likeness (QED) is 0.821. The maximum Gasteiger partial charge on any atom is 0.229 e. The van der Waals surface area contributed by atoms with Crippen LogP contribution in [0.4, 0.5) is 0 Å². The van der Waals surface area contributed by atoms with Gasteiger partial charge in [0.1, 0.15) is 6.10 Å². The van der Waals surface area contributed by atoms with Gasteiger partial charge in [-0.05, 0) is 12.8 Å². The number of nitrogens with one attached hydrogen (secondary N) is 1. The summed E-state index contributed by atoms with van der Waals surface area (Å²) in [6, 6.07) is 0. The maximum absolute atomic E-state index is 5.59. The molecule has 16 heavy (non-hydrogen) atoms. The maximum atomic E-state index is 5.59. The molecule has 1 aliphatic carbocycles. The molecule has 2 heterocycles. The summed E-state index contributed by atoms with van der Waals surface area (Å²) in [4.78, 5) is 4.47. The molecule has 3 rings (SSSR count). The standard InChI is InChI=1S/C11H17N3O2/c1-2-4-8(3-1)11-13-10(14-16-11)9-7-12-5-6-15-9/h8-9,12H,1-7H2/t9-/m0/s1. The Hall–Kier alpha value is -0.940. The smallest absolute Gasteiger partial charge is 0.229 e. The van der Waals surface area contributed by atoms with Crippen LogP contribution in [0.2, 0.25) is 0 Å². The van der Waals surface area contributed by atoms with Crippen LogP contribution in [0.25, 0.3) is 0 Å². The first-order chi connectivity index (χ1) is 7.93. The second-order valence-corrected chi connectivity index (χ2v) is 4.54. The zero-order chi connectivity index (χ0) is 10.8. The van der Waals surface area contributed by atoms with Crippen LogP contribution in [0.1, 0.15) is 49.4 Å². The zero-order valence-electron chi connectivity index (χ0n) is 9.32. The van der Waals surface area contributed by atoms with Gasteiger partial charge in [-0.2, -0.15) is 4.98 Å². The summed E-state index contributed by atoms with van der Waals surface area (Å²) < 4.78 is 10.9. The molecule has 0 radical (unpaired) electrons. The summed E-state index contributed by atoms with van der Waals surface area (Å²) in [7, 11) is 0. The molecule has 1 saturated carbocycles. The third kappa shape index (κ3) is 1.97. The largest absolute Gasteiger partial charge is 0.367 e. The molecular weight excluding hydrogens is 206 g/mol. The first kappa shape index (κ1) is 10.2. The first-order valence-electron chi connectivity index (χ1n) is 6.09. The fraction of sp³-hybridized carbons (Fsp3) is 0.818. The second kappa shape index (κ2) is 4.51. The van der Waals surface area contributed by atoms with Gasteiger partial charge in [-0.25, -0.2) is 0 Å². The van der Waals surface area contributed by atoms with Crippen molar-refractivity contribution >= 4 is 0 Å². The number of hydrogen-bond donors (Lipinski definition) is 1. The predicted octanol–water partition coefficient (Wildman–Crippen LogP) is 1.39. The van der Waals surface area contributed by atoms with E-state index in [1.165, 1.54) is 25.7 Å². The van der Waals surface area contributed by atoms with Gasteiger partial charge in [-0.1, -0.05) is 18.0 Å². The van der Waals surface area contributed by atoms with Crippen LogP contribution in [0, 0.1) is 0 Å². The van der Waals surface area contributed by atoms with Crippen molar-refractivity contribution in [3.05, 3.63) is 11.7 Å². The highest BCUT2D eigenvalue weighted by molar-refractivity contribution is 4.99. The molecule has 88 valence electrons. The Bertz CT molecular complexity index is 341. The zero-order valence-corrected chi connectivity index (χ0v) is 9.32. The number of aromatic nitrogens is 2. The van der Waals surface area contributed by atoms with Gasteiger partial charge in [0.15, 0.2) is 0 Å². The Balaban J connectivity index is 1.71. The predicted molar refractivity (Wildman–Crippen MR) is 57.1 cm³/mol. The highest BCUT2D eigenvalue weighted by Crippen LogP contribution is 2.33. The summed E-state index contributed by atoms with van der Waals surface area (Å²) in [5.41, 5.74) is 0. The Morgan fingerprint density at radius 1 is 1.25 bits per heavy atom. The van der Waals surface area contributed by atoms with Gasteiger partial charge in [0.05, 0.1) is 6.61 Å². The monoisotopic (exact) mass is 223 g/mol. The van der Waals surface area contributed by atoms with Crippen LogP contribution >= 0.6 is 0 Å². The van der Waals surface area contributed by atoms with E-state index < -0.39 is 0 Å². The van der Waals surface area contributed by atoms with E-state index in [4.69, 9.17) is 9.26 Å². The van der Waals surface area contributed by atoms with E-state index in [0.717, 1.165) is 25.6 Å². The molecule has 0 amide bonds. The fourth-order valence-corrected chi connectivity index (χ4v) is 2.45. The topological polar surface area (TPSA) is 60.2 Å². The summed E-state index contributed by atoms with van der Waals surface area (Å²) in [5.74, 6) is 1.99. The van der Waals surface area contributed by atoms with Crippen LogP contribution < -0.4 is 5.32 Å². The molecule has 1 aromatic heterocycles. The lowest BCUT2D eigenvalue weighted by Crippen LogP contribution is -2.33. The Morgan fingerprint density at radius 2 is 2.12 bits per heavy atom. The molecule has 2 fully saturated rings. The molecule has 0 aromatic carbocycles. The number of ether oxygens (including phenoxy) is 1. The highest BCUT2D eigenvalue weighted by atomic mass is 16.5. The van der Waals surface area contributed by atoms with E-state index in [1.807, 2.05) is 0 Å². The molecule has 1 atom stereocenters. The van der Waals surface area contributed by atoms with Gasteiger partial charge in [0, 0.05) is 19.0 Å². The molecule has 5 nitrogen and oxygen atoms in total. The molecule has 1 N–H and O–H groups in total. The molecular formula is C11H17N3O2. The summed E-state index contributed by atoms with van der Waals surface area (Å²) >= 11 is 0. The second-order valence-electron chi connectivity index (χ2n) is 4.54. The molecule has 0 unspecified atom stereocenters. The minimum Gasteiger partial charge on any atom is -0.367 e. The van der Waals surface area contributed by atoms with E-state index in [9.17, 15) is 0 Å². The van der Waals surface area contributed by atoms with E-state index in [1.54, 1.807) is 0 Å². The van der Waals surface area contributed by atoms with Crippen LogP contribution in [0.15, 0.2) is 4.52 Å². The van der Waals surface area contributed by atoms with Crippen LogP contribution in [0.5, 0.6) is 0 Å². The van der Waals surface area contributed by atoms with Crippen molar-refractivity contribution in [1.29, 1.82) is 0 Å². The number of nitrogens with zero attached hydrogens (tertiary/aromatic N) is 2. The molecule has 0 bridgehead atoms. The van der Waals surface area contributed by atoms with E-state index >= 15 is 0 Å². The molecule has 0 spiro atoms. The van der Waals surface area contributed by atoms with Crippen molar-refractivity contribution in [2.24, 2.45) is 0 Å². The van der Waals surface area contributed by atoms with Gasteiger partial charge in [-0.3, -0.25) is 0 Å². The van der Waals surface area contributed by atoms with Gasteiger partial charge in [-0.15, -0.1) is 0 Å². The minimum absolute atomic E-state index is 0.0346. The van der Waals surface area contributed by atoms with Crippen molar-refractivity contribution in [3.8, 4) is 0 Å². The van der Waals surface area contributed by atoms with Crippen LogP contribution in [0.3, 0.4) is 0 Å². The average molecular weight is 223 g/mol. The third-order valence-corrected chi connectivity index (χ3v) is 3.38. The number of rotatable bonds is 2. The molecule has 1 aliphatic heterocycles. The SMILES string of the molecule is C1CCC(c2nc([C@@H]3CNCCO3)no2)C1. The average Bonchev–Trinajstić information content (AvgIpc) is 3.01. The van der Waals surface area contributed by atoms with E-state index in [-0.39, 0.29) is 6.10 Å². The van der Waals surface area contributed by atoms with Crippen LogP contribution in [-0.4, -0.2) is 29.8 Å². The molecule has 1 saturated heterocycles. The Kier molecular flexibility index (Phi) is 2.88. The lowest BCUT2D eigenvalue weighted by Gasteiger charge is -2.20. The summed E-state index contributed by atoms with van der Waals surface area (Å²) in [6.45, 7) is 2.41. The van der Waals surface area contributed by atoms with E-state index in [0.29, 0.717) is 11.7 Å². The van der Waals surface area contributed by atoms with Crippen molar-refractivity contribution in [2.45, 2.75) is 37.7 Å². The molecule has 1 aromatic rings. The van der Waals surface area contributed by atoms with Gasteiger partial charge < -0.3 is 14.6 Å². The Morgan fingerprint density at radius 3 is 2.88 bits per heavy atom. The fourth-order valence-electron chi connectivity index (χ4n) is 2.45. The number of hydrogen-bond acceptors (Lipinski definition) is 5. The Labute approximate surface area is 94.6 Å². The van der Waals surface area contributed by atoms with Crippen molar-refractivity contribution in [1.82, 2.24) is 15.5 Å². The summed E-state index contributed by atoms with van der Waals surface area (Å²) in [5, 5.41) is 7.30. The van der Waals surface area contributed by atoms with Crippen LogP contribution in [-0.2, 0) is 4.74 Å². The highest BCUT2D eigenvalue weighted by Gasteiger charge is 2.26. The molecule has 5 heteroatoms. The summed E-state index contributed by atoms with van der Waals surface area (Å²) in [6.07, 6.45) is 4.90. The van der Waals surface area contributed by atoms with Crippen molar-refractivity contribution < 1.29 is 9.26 Å². The van der Waals surface area contributed by atoms with E-state index in [2.05, 4.69) is 15.5 Å². The number of morpholine rings is 1. The third-order valence-electron chi connectivity index (χ3n) is 3.38. The molecule has 2 aliphatic rings. The van der Waals surface area contributed by atoms with Gasteiger partial charge in [0.2, 0.25) is 11.7 Å². The van der Waals surface area contributed by atoms with Gasteiger partial charge in [0.25, 0.3) is 0 Å². The first-order valence-corrected chi connectivity index (χ1v) is 6.09. The lowest BCUT2D eigenvalue weighted by atomic mass is 10.1.